The molecule has 0 saturated heterocycles. The summed E-state index contributed by atoms with van der Waals surface area (Å²) >= 11 is 0. The second kappa shape index (κ2) is 5.40. The first-order chi connectivity index (χ1) is 10.6. The summed E-state index contributed by atoms with van der Waals surface area (Å²) in [5.74, 6) is 0. The summed E-state index contributed by atoms with van der Waals surface area (Å²) < 4.78 is 6.41. The number of benzene rings is 2. The van der Waals surface area contributed by atoms with E-state index in [0.717, 1.165) is 24.0 Å². The van der Waals surface area contributed by atoms with E-state index in [1.165, 1.54) is 21.9 Å². The highest BCUT2D eigenvalue weighted by atomic mass is 16.3. The highest BCUT2D eigenvalue weighted by Crippen LogP contribution is 2.36. The molecule has 1 heterocycles. The van der Waals surface area contributed by atoms with Crippen molar-refractivity contribution < 1.29 is 4.42 Å². The quantitative estimate of drug-likeness (QED) is 0.509. The van der Waals surface area contributed by atoms with Crippen molar-refractivity contribution in [3.05, 3.63) is 47.5 Å². The fraction of sp³-hybridized carbons (Fsp3) is 0.455. The van der Waals surface area contributed by atoms with E-state index in [-0.39, 0.29) is 10.8 Å². The Balaban J connectivity index is 2.22. The molecule has 0 N–H and O–H groups in total. The minimum absolute atomic E-state index is 0.251. The second-order valence-corrected chi connectivity index (χ2v) is 9.16. The summed E-state index contributed by atoms with van der Waals surface area (Å²) in [6.45, 7) is 13.7. The number of rotatable bonds is 2. The minimum Gasteiger partial charge on any atom is -0.455 e. The van der Waals surface area contributed by atoms with Crippen LogP contribution in [0.4, 0.5) is 0 Å². The molecule has 0 amide bonds. The Labute approximate surface area is 139 Å². The zero-order valence-corrected chi connectivity index (χ0v) is 15.3. The van der Waals surface area contributed by atoms with Crippen molar-refractivity contribution in [1.29, 1.82) is 0 Å². The maximum atomic E-state index is 6.41. The molecule has 0 bridgehead atoms. The number of furan rings is 1. The van der Waals surface area contributed by atoms with Gasteiger partial charge in [0.15, 0.2) is 0 Å². The van der Waals surface area contributed by atoms with Crippen molar-refractivity contribution >= 4 is 21.9 Å². The first-order valence-corrected chi connectivity index (χ1v) is 8.56. The van der Waals surface area contributed by atoms with Crippen molar-refractivity contribution in [2.45, 2.75) is 54.4 Å². The van der Waals surface area contributed by atoms with Gasteiger partial charge in [0.1, 0.15) is 11.2 Å². The van der Waals surface area contributed by atoms with Gasteiger partial charge < -0.3 is 4.42 Å². The summed E-state index contributed by atoms with van der Waals surface area (Å²) in [4.78, 5) is 0. The maximum absolute atomic E-state index is 6.41. The van der Waals surface area contributed by atoms with Crippen LogP contribution in [0.15, 0.2) is 40.8 Å². The molecular weight excluding hydrogens is 280 g/mol. The van der Waals surface area contributed by atoms with Gasteiger partial charge in [0.2, 0.25) is 0 Å². The van der Waals surface area contributed by atoms with Gasteiger partial charge in [-0.1, -0.05) is 77.9 Å². The molecule has 0 atom stereocenters. The van der Waals surface area contributed by atoms with Crippen LogP contribution in [-0.4, -0.2) is 0 Å². The predicted octanol–water partition coefficient (Wildman–Crippen LogP) is 6.76. The van der Waals surface area contributed by atoms with Gasteiger partial charge in [0.05, 0.1) is 0 Å². The zero-order chi connectivity index (χ0) is 16.8. The predicted molar refractivity (Wildman–Crippen MR) is 100 cm³/mol. The van der Waals surface area contributed by atoms with Crippen LogP contribution in [-0.2, 0) is 12.8 Å². The third-order valence-corrected chi connectivity index (χ3v) is 4.13. The molecule has 0 spiro atoms. The first-order valence-electron chi connectivity index (χ1n) is 8.56. The Morgan fingerprint density at radius 2 is 1.04 bits per heavy atom. The lowest BCUT2D eigenvalue weighted by Gasteiger charge is -2.18. The second-order valence-electron chi connectivity index (χ2n) is 9.16. The van der Waals surface area contributed by atoms with Gasteiger partial charge >= 0.3 is 0 Å². The van der Waals surface area contributed by atoms with Crippen LogP contribution >= 0.6 is 0 Å². The fourth-order valence-electron chi connectivity index (χ4n) is 3.36. The van der Waals surface area contributed by atoms with E-state index in [1.54, 1.807) is 0 Å². The molecule has 0 saturated carbocycles. The molecule has 1 aromatic heterocycles. The van der Waals surface area contributed by atoms with Crippen LogP contribution in [0.25, 0.3) is 21.9 Å². The third-order valence-electron chi connectivity index (χ3n) is 4.13. The standard InChI is InChI=1S/C22H28O/c1-21(2,3)13-15-9-7-11-17-18-12-8-10-16(14-22(4,5)6)20(18)23-19(15)17/h7-12H,13-14H2,1-6H3. The van der Waals surface area contributed by atoms with Gasteiger partial charge in [-0.15, -0.1) is 0 Å². The molecule has 0 aliphatic carbocycles. The third kappa shape index (κ3) is 3.44. The van der Waals surface area contributed by atoms with Gasteiger partial charge in [-0.05, 0) is 34.8 Å². The monoisotopic (exact) mass is 308 g/mol. The lowest BCUT2D eigenvalue weighted by Crippen LogP contribution is -2.09. The average molecular weight is 308 g/mol. The molecule has 0 radical (unpaired) electrons. The number of hydrogen-bond donors (Lipinski definition) is 0. The van der Waals surface area contributed by atoms with Crippen LogP contribution in [0.5, 0.6) is 0 Å². The van der Waals surface area contributed by atoms with Gasteiger partial charge in [0.25, 0.3) is 0 Å². The first kappa shape index (κ1) is 16.1. The van der Waals surface area contributed by atoms with Crippen LogP contribution in [0, 0.1) is 10.8 Å². The number of hydrogen-bond acceptors (Lipinski definition) is 1. The van der Waals surface area contributed by atoms with Gasteiger partial charge in [0, 0.05) is 10.8 Å². The van der Waals surface area contributed by atoms with E-state index >= 15 is 0 Å². The molecule has 3 rings (SSSR count). The fourth-order valence-corrected chi connectivity index (χ4v) is 3.36. The van der Waals surface area contributed by atoms with Crippen molar-refractivity contribution in [3.8, 4) is 0 Å². The van der Waals surface area contributed by atoms with Crippen molar-refractivity contribution in [3.63, 3.8) is 0 Å². The van der Waals surface area contributed by atoms with E-state index in [1.807, 2.05) is 0 Å². The summed E-state index contributed by atoms with van der Waals surface area (Å²) in [6, 6.07) is 13.1. The molecule has 0 fully saturated rings. The molecule has 122 valence electrons. The molecular formula is C22H28O. The molecule has 2 aromatic carbocycles. The summed E-state index contributed by atoms with van der Waals surface area (Å²) in [6.07, 6.45) is 2.05. The molecule has 1 heteroatoms. The van der Waals surface area contributed by atoms with Gasteiger partial charge in [-0.2, -0.15) is 0 Å². The van der Waals surface area contributed by atoms with E-state index in [2.05, 4.69) is 77.9 Å². The Hall–Kier alpha value is -1.76. The highest BCUT2D eigenvalue weighted by Gasteiger charge is 2.19. The van der Waals surface area contributed by atoms with Gasteiger partial charge in [-0.25, -0.2) is 0 Å². The molecule has 3 aromatic rings. The van der Waals surface area contributed by atoms with E-state index < -0.39 is 0 Å². The Kier molecular flexibility index (Phi) is 3.78. The lowest BCUT2D eigenvalue weighted by atomic mass is 9.87. The zero-order valence-electron chi connectivity index (χ0n) is 15.3. The van der Waals surface area contributed by atoms with E-state index in [0.29, 0.717) is 0 Å². The molecule has 1 nitrogen and oxygen atoms in total. The van der Waals surface area contributed by atoms with E-state index in [9.17, 15) is 0 Å². The normalized spacial score (nSPS) is 13.1. The Bertz CT molecular complexity index is 768. The summed E-state index contributed by atoms with van der Waals surface area (Å²) in [5, 5.41) is 2.50. The number of para-hydroxylation sites is 2. The number of fused-ring (bicyclic) bond motifs is 3. The van der Waals surface area contributed by atoms with Crippen molar-refractivity contribution in [2.75, 3.05) is 0 Å². The highest BCUT2D eigenvalue weighted by molar-refractivity contribution is 6.06. The van der Waals surface area contributed by atoms with E-state index in [4.69, 9.17) is 4.42 Å². The van der Waals surface area contributed by atoms with Crippen LogP contribution in [0.3, 0.4) is 0 Å². The maximum Gasteiger partial charge on any atom is 0.138 e. The van der Waals surface area contributed by atoms with Gasteiger partial charge in [-0.3, -0.25) is 0 Å². The summed E-state index contributed by atoms with van der Waals surface area (Å²) in [5.41, 5.74) is 5.27. The van der Waals surface area contributed by atoms with Crippen LogP contribution in [0.2, 0.25) is 0 Å². The minimum atomic E-state index is 0.251. The molecule has 0 unspecified atom stereocenters. The summed E-state index contributed by atoms with van der Waals surface area (Å²) in [7, 11) is 0. The van der Waals surface area contributed by atoms with Crippen LogP contribution < -0.4 is 0 Å². The smallest absolute Gasteiger partial charge is 0.138 e. The largest absolute Gasteiger partial charge is 0.455 e. The average Bonchev–Trinajstić information content (AvgIpc) is 2.76. The Morgan fingerprint density at radius 1 is 0.652 bits per heavy atom. The van der Waals surface area contributed by atoms with Crippen LogP contribution in [0.1, 0.15) is 52.7 Å². The topological polar surface area (TPSA) is 13.1 Å². The lowest BCUT2D eigenvalue weighted by molar-refractivity contribution is 0.408. The SMILES string of the molecule is CC(C)(C)Cc1cccc2c1oc1c(CC(C)(C)C)cccc12. The van der Waals surface area contributed by atoms with Crippen molar-refractivity contribution in [1.82, 2.24) is 0 Å². The molecule has 0 aliphatic heterocycles. The Morgan fingerprint density at radius 3 is 1.39 bits per heavy atom. The molecule has 23 heavy (non-hydrogen) atoms. The van der Waals surface area contributed by atoms with Crippen molar-refractivity contribution in [2.24, 2.45) is 10.8 Å². The molecule has 0 aliphatic rings.